The molecule has 5 nitrogen and oxygen atoms in total. The van der Waals surface area contributed by atoms with Crippen molar-refractivity contribution in [3.8, 4) is 0 Å². The number of aromatic nitrogens is 2. The molecule has 4 rings (SSSR count). The van der Waals surface area contributed by atoms with Gasteiger partial charge in [-0.2, -0.15) is 0 Å². The Balaban J connectivity index is 1.55. The fourth-order valence-corrected chi connectivity index (χ4v) is 3.74. The number of methoxy groups -OCH3 is 1. The fourth-order valence-electron chi connectivity index (χ4n) is 3.74. The van der Waals surface area contributed by atoms with Crippen molar-refractivity contribution >= 4 is 22.8 Å². The molecule has 3 aromatic rings. The van der Waals surface area contributed by atoms with Crippen molar-refractivity contribution in [3.63, 3.8) is 0 Å². The number of carbonyl (C=O) groups excluding carboxylic acids is 1. The minimum Gasteiger partial charge on any atom is -0.464 e. The van der Waals surface area contributed by atoms with Crippen LogP contribution < -0.4 is 4.90 Å². The largest absolute Gasteiger partial charge is 0.464 e. The Bertz CT molecular complexity index is 935. The molecule has 1 fully saturated rings. The predicted molar refractivity (Wildman–Crippen MR) is 106 cm³/mol. The van der Waals surface area contributed by atoms with Gasteiger partial charge in [0.25, 0.3) is 0 Å². The first-order valence-corrected chi connectivity index (χ1v) is 9.38. The Morgan fingerprint density at radius 2 is 1.63 bits per heavy atom. The van der Waals surface area contributed by atoms with Gasteiger partial charge < -0.3 is 9.64 Å². The number of benzene rings is 2. The van der Waals surface area contributed by atoms with Crippen LogP contribution in [0, 0.1) is 5.92 Å². The van der Waals surface area contributed by atoms with Gasteiger partial charge in [-0.15, -0.1) is 0 Å². The molecular weight excluding hydrogens is 338 g/mol. The van der Waals surface area contributed by atoms with Gasteiger partial charge in [0.2, 0.25) is 0 Å². The monoisotopic (exact) mass is 361 g/mol. The predicted octanol–water partition coefficient (Wildman–Crippen LogP) is 3.88. The smallest absolute Gasteiger partial charge is 0.360 e. The minimum atomic E-state index is -0.435. The Kier molecular flexibility index (Phi) is 5.01. The van der Waals surface area contributed by atoms with Crippen molar-refractivity contribution in [1.29, 1.82) is 0 Å². The normalized spacial score (nSPS) is 15.1. The highest BCUT2D eigenvalue weighted by molar-refractivity contribution is 5.95. The van der Waals surface area contributed by atoms with Crippen LogP contribution in [0.5, 0.6) is 0 Å². The van der Waals surface area contributed by atoms with E-state index < -0.39 is 5.97 Å². The zero-order chi connectivity index (χ0) is 18.6. The second-order valence-electron chi connectivity index (χ2n) is 7.00. The van der Waals surface area contributed by atoms with E-state index in [0.29, 0.717) is 22.9 Å². The lowest BCUT2D eigenvalue weighted by Gasteiger charge is -2.33. The molecule has 2 heterocycles. The highest BCUT2D eigenvalue weighted by Crippen LogP contribution is 2.28. The van der Waals surface area contributed by atoms with Gasteiger partial charge in [0, 0.05) is 13.1 Å². The number of fused-ring (bicyclic) bond motifs is 1. The van der Waals surface area contributed by atoms with Crippen molar-refractivity contribution in [2.45, 2.75) is 19.3 Å². The Hall–Kier alpha value is -2.95. The van der Waals surface area contributed by atoms with Crippen molar-refractivity contribution in [2.24, 2.45) is 5.92 Å². The number of hydrogen-bond acceptors (Lipinski definition) is 5. The van der Waals surface area contributed by atoms with Gasteiger partial charge in [-0.1, -0.05) is 42.5 Å². The lowest BCUT2D eigenvalue weighted by atomic mass is 9.90. The minimum absolute atomic E-state index is 0.303. The van der Waals surface area contributed by atoms with Crippen LogP contribution >= 0.6 is 0 Å². The second-order valence-corrected chi connectivity index (χ2v) is 7.00. The molecule has 1 saturated heterocycles. The molecule has 1 aliphatic rings. The maximum atomic E-state index is 12.3. The third-order valence-electron chi connectivity index (χ3n) is 5.21. The summed E-state index contributed by atoms with van der Waals surface area (Å²) in [6, 6.07) is 18.2. The van der Waals surface area contributed by atoms with Crippen molar-refractivity contribution in [3.05, 3.63) is 65.9 Å². The van der Waals surface area contributed by atoms with Crippen LogP contribution in [0.4, 0.5) is 5.82 Å². The fraction of sp³-hybridized carbons (Fsp3) is 0.318. The quantitative estimate of drug-likeness (QED) is 0.660. The average molecular weight is 361 g/mol. The number of para-hydroxylation sites is 2. The van der Waals surface area contributed by atoms with Crippen LogP contribution in [0.15, 0.2) is 54.6 Å². The van der Waals surface area contributed by atoms with E-state index in [-0.39, 0.29) is 0 Å². The number of carbonyl (C=O) groups is 1. The topological polar surface area (TPSA) is 55.3 Å². The molecule has 138 valence electrons. The number of anilines is 1. The Morgan fingerprint density at radius 3 is 2.30 bits per heavy atom. The number of nitrogens with zero attached hydrogens (tertiary/aromatic N) is 3. The van der Waals surface area contributed by atoms with Gasteiger partial charge in [-0.05, 0) is 42.9 Å². The molecule has 0 amide bonds. The summed E-state index contributed by atoms with van der Waals surface area (Å²) in [5, 5.41) is 0. The summed E-state index contributed by atoms with van der Waals surface area (Å²) in [6.07, 6.45) is 3.25. The second kappa shape index (κ2) is 7.74. The van der Waals surface area contributed by atoms with Crippen LogP contribution in [-0.4, -0.2) is 36.1 Å². The summed E-state index contributed by atoms with van der Waals surface area (Å²) >= 11 is 0. The summed E-state index contributed by atoms with van der Waals surface area (Å²) in [7, 11) is 1.38. The van der Waals surface area contributed by atoms with Crippen molar-refractivity contribution < 1.29 is 9.53 Å². The molecule has 0 atom stereocenters. The van der Waals surface area contributed by atoms with E-state index in [9.17, 15) is 4.79 Å². The molecule has 0 N–H and O–H groups in total. The zero-order valence-electron chi connectivity index (χ0n) is 15.5. The molecule has 27 heavy (non-hydrogen) atoms. The molecule has 0 saturated carbocycles. The number of hydrogen-bond donors (Lipinski definition) is 0. The summed E-state index contributed by atoms with van der Waals surface area (Å²) in [6.45, 7) is 1.74. The average Bonchev–Trinajstić information content (AvgIpc) is 2.73. The molecule has 1 aromatic heterocycles. The SMILES string of the molecule is COC(=O)c1nc2ccccc2nc1N1CCC(Cc2ccccc2)CC1. The van der Waals surface area contributed by atoms with E-state index in [1.807, 2.05) is 24.3 Å². The third-order valence-corrected chi connectivity index (χ3v) is 5.21. The number of rotatable bonds is 4. The van der Waals surface area contributed by atoms with E-state index in [4.69, 9.17) is 9.72 Å². The van der Waals surface area contributed by atoms with Crippen LogP contribution in [0.2, 0.25) is 0 Å². The van der Waals surface area contributed by atoms with E-state index in [0.717, 1.165) is 37.9 Å². The van der Waals surface area contributed by atoms with Gasteiger partial charge in [0.15, 0.2) is 11.5 Å². The first kappa shape index (κ1) is 17.5. The molecule has 1 aliphatic heterocycles. The van der Waals surface area contributed by atoms with Crippen LogP contribution in [0.25, 0.3) is 11.0 Å². The molecule has 0 unspecified atom stereocenters. The summed E-state index contributed by atoms with van der Waals surface area (Å²) in [5.74, 6) is 0.854. The molecule has 0 radical (unpaired) electrons. The number of piperidine rings is 1. The lowest BCUT2D eigenvalue weighted by molar-refractivity contribution is 0.0594. The molecular formula is C22H23N3O2. The maximum Gasteiger partial charge on any atom is 0.360 e. The van der Waals surface area contributed by atoms with Gasteiger partial charge in [0.05, 0.1) is 18.1 Å². The first-order valence-electron chi connectivity index (χ1n) is 9.38. The Morgan fingerprint density at radius 1 is 1.00 bits per heavy atom. The van der Waals surface area contributed by atoms with E-state index in [1.54, 1.807) is 0 Å². The van der Waals surface area contributed by atoms with Crippen LogP contribution in [-0.2, 0) is 11.2 Å². The molecule has 0 bridgehead atoms. The van der Waals surface area contributed by atoms with Gasteiger partial charge in [-0.3, -0.25) is 0 Å². The van der Waals surface area contributed by atoms with Crippen LogP contribution in [0.1, 0.15) is 28.9 Å². The number of esters is 1. The molecule has 0 spiro atoms. The van der Waals surface area contributed by atoms with E-state index >= 15 is 0 Å². The zero-order valence-corrected chi connectivity index (χ0v) is 15.5. The summed E-state index contributed by atoms with van der Waals surface area (Å²) in [4.78, 5) is 23.7. The lowest BCUT2D eigenvalue weighted by Crippen LogP contribution is -2.36. The van der Waals surface area contributed by atoms with Crippen molar-refractivity contribution in [1.82, 2.24) is 9.97 Å². The molecule has 2 aromatic carbocycles. The van der Waals surface area contributed by atoms with Gasteiger partial charge in [-0.25, -0.2) is 14.8 Å². The van der Waals surface area contributed by atoms with Crippen LogP contribution in [0.3, 0.4) is 0 Å². The highest BCUT2D eigenvalue weighted by Gasteiger charge is 2.26. The number of ether oxygens (including phenoxy) is 1. The molecule has 0 aliphatic carbocycles. The summed E-state index contributed by atoms with van der Waals surface area (Å²) < 4.78 is 4.95. The van der Waals surface area contributed by atoms with E-state index in [2.05, 4.69) is 40.2 Å². The summed E-state index contributed by atoms with van der Waals surface area (Å²) in [5.41, 5.74) is 3.20. The standard InChI is InChI=1S/C22H23N3O2/c1-27-22(26)20-21(24-19-10-6-5-9-18(19)23-20)25-13-11-17(12-14-25)15-16-7-3-2-4-8-16/h2-10,17H,11-15H2,1H3. The first-order chi connectivity index (χ1) is 13.2. The van der Waals surface area contributed by atoms with Crippen molar-refractivity contribution in [2.75, 3.05) is 25.1 Å². The van der Waals surface area contributed by atoms with Gasteiger partial charge in [0.1, 0.15) is 0 Å². The molecule has 5 heteroatoms. The Labute approximate surface area is 159 Å². The van der Waals surface area contributed by atoms with Gasteiger partial charge >= 0.3 is 5.97 Å². The van der Waals surface area contributed by atoms with E-state index in [1.165, 1.54) is 12.7 Å². The highest BCUT2D eigenvalue weighted by atomic mass is 16.5. The third kappa shape index (κ3) is 3.77. The maximum absolute atomic E-state index is 12.3.